The Kier molecular flexibility index (Phi) is 12.9. The summed E-state index contributed by atoms with van der Waals surface area (Å²) in [6.07, 6.45) is 1.15. The molecule has 10 heteroatoms. The number of hydrogen-bond acceptors (Lipinski definition) is 7. The van der Waals surface area contributed by atoms with E-state index in [1.165, 1.54) is 0 Å². The van der Waals surface area contributed by atoms with Crippen LogP contribution in [0.4, 0.5) is 0 Å². The Labute approximate surface area is 127 Å². The van der Waals surface area contributed by atoms with E-state index in [-0.39, 0.29) is 5.91 Å². The molecule has 1 amide bonds. The number of azide groups is 1. The Morgan fingerprint density at radius 1 is 1.30 bits per heavy atom. The van der Waals surface area contributed by atoms with Crippen molar-refractivity contribution in [1.29, 1.82) is 0 Å². The van der Waals surface area contributed by atoms with Gasteiger partial charge in [-0.2, -0.15) is 0 Å². The summed E-state index contributed by atoms with van der Waals surface area (Å²) in [7, 11) is 3.37. The summed E-state index contributed by atoms with van der Waals surface area (Å²) in [6, 6.07) is -0.546. The standard InChI is InChI=1S/C10H23N7OS2/c11-4-6-19-20-7-5-15-10(18)8(12)2-1-3-9(13)16-17-14/h8-9H,1-7,11-13H2,(H,15,18). The van der Waals surface area contributed by atoms with Gasteiger partial charge in [0.15, 0.2) is 0 Å². The first-order valence-electron chi connectivity index (χ1n) is 6.39. The fourth-order valence-corrected chi connectivity index (χ4v) is 3.08. The second-order valence-corrected chi connectivity index (χ2v) is 6.74. The molecule has 0 bridgehead atoms. The van der Waals surface area contributed by atoms with E-state index < -0.39 is 12.2 Å². The molecule has 0 fully saturated rings. The molecule has 2 atom stereocenters. The first kappa shape index (κ1) is 19.4. The van der Waals surface area contributed by atoms with Crippen molar-refractivity contribution in [3.8, 4) is 0 Å². The summed E-state index contributed by atoms with van der Waals surface area (Å²) < 4.78 is 0. The van der Waals surface area contributed by atoms with Gasteiger partial charge >= 0.3 is 0 Å². The number of nitrogens with zero attached hydrogens (tertiary/aromatic N) is 3. The molecule has 20 heavy (non-hydrogen) atoms. The minimum Gasteiger partial charge on any atom is -0.354 e. The number of nitrogens with one attached hydrogen (secondary N) is 1. The average Bonchev–Trinajstić information content (AvgIpc) is 2.42. The van der Waals surface area contributed by atoms with Crippen LogP contribution in [0.2, 0.25) is 0 Å². The third kappa shape index (κ3) is 11.2. The largest absolute Gasteiger partial charge is 0.354 e. The maximum absolute atomic E-state index is 11.6. The molecule has 0 saturated carbocycles. The van der Waals surface area contributed by atoms with Gasteiger partial charge < -0.3 is 22.5 Å². The van der Waals surface area contributed by atoms with Gasteiger partial charge in [-0.15, -0.1) is 0 Å². The molecule has 0 rings (SSSR count). The van der Waals surface area contributed by atoms with Crippen LogP contribution in [-0.2, 0) is 4.79 Å². The first-order valence-corrected chi connectivity index (χ1v) is 8.88. The lowest BCUT2D eigenvalue weighted by molar-refractivity contribution is -0.122. The Morgan fingerprint density at radius 2 is 2.00 bits per heavy atom. The van der Waals surface area contributed by atoms with Gasteiger partial charge in [0, 0.05) is 29.5 Å². The van der Waals surface area contributed by atoms with Crippen LogP contribution < -0.4 is 22.5 Å². The van der Waals surface area contributed by atoms with E-state index in [4.69, 9.17) is 22.7 Å². The number of carbonyl (C=O) groups excluding carboxylic acids is 1. The molecule has 0 aliphatic heterocycles. The number of carbonyl (C=O) groups is 1. The van der Waals surface area contributed by atoms with Crippen LogP contribution in [0.1, 0.15) is 19.3 Å². The zero-order valence-corrected chi connectivity index (χ0v) is 13.0. The highest BCUT2D eigenvalue weighted by Crippen LogP contribution is 2.18. The predicted molar refractivity (Wildman–Crippen MR) is 85.9 cm³/mol. The van der Waals surface area contributed by atoms with Gasteiger partial charge in [-0.05, 0) is 24.8 Å². The van der Waals surface area contributed by atoms with E-state index in [1.54, 1.807) is 21.6 Å². The van der Waals surface area contributed by atoms with Crippen molar-refractivity contribution in [2.24, 2.45) is 22.3 Å². The van der Waals surface area contributed by atoms with Crippen LogP contribution in [0.5, 0.6) is 0 Å². The minimum absolute atomic E-state index is 0.160. The Hall–Kier alpha value is -0.640. The topological polar surface area (TPSA) is 156 Å². The van der Waals surface area contributed by atoms with Crippen molar-refractivity contribution in [2.45, 2.75) is 31.5 Å². The van der Waals surface area contributed by atoms with Gasteiger partial charge in [0.2, 0.25) is 5.91 Å². The summed E-state index contributed by atoms with van der Waals surface area (Å²) in [6.45, 7) is 1.25. The third-order valence-electron chi connectivity index (χ3n) is 2.32. The molecule has 2 unspecified atom stereocenters. The van der Waals surface area contributed by atoms with Crippen LogP contribution in [0.25, 0.3) is 10.4 Å². The molecule has 0 aromatic rings. The molecule has 7 N–H and O–H groups in total. The Bertz CT molecular complexity index is 312. The number of nitrogens with two attached hydrogens (primary N) is 3. The van der Waals surface area contributed by atoms with Gasteiger partial charge in [0.05, 0.1) is 12.2 Å². The zero-order chi connectivity index (χ0) is 15.2. The highest BCUT2D eigenvalue weighted by Gasteiger charge is 2.12. The van der Waals surface area contributed by atoms with E-state index >= 15 is 0 Å². The molecule has 0 spiro atoms. The Morgan fingerprint density at radius 3 is 2.65 bits per heavy atom. The summed E-state index contributed by atoms with van der Waals surface area (Å²) >= 11 is 0. The van der Waals surface area contributed by atoms with Crippen LogP contribution in [-0.4, -0.2) is 42.7 Å². The van der Waals surface area contributed by atoms with E-state index in [2.05, 4.69) is 15.3 Å². The highest BCUT2D eigenvalue weighted by molar-refractivity contribution is 8.76. The second kappa shape index (κ2) is 13.3. The maximum Gasteiger partial charge on any atom is 0.236 e. The van der Waals surface area contributed by atoms with Crippen molar-refractivity contribution in [1.82, 2.24) is 5.32 Å². The SMILES string of the molecule is [N-]=[N+]=NC(N)CCCC(N)C(=O)NCCSSCCN. The normalized spacial score (nSPS) is 13.3. The minimum atomic E-state index is -0.550. The lowest BCUT2D eigenvalue weighted by atomic mass is 10.1. The van der Waals surface area contributed by atoms with Crippen molar-refractivity contribution >= 4 is 27.5 Å². The maximum atomic E-state index is 11.6. The van der Waals surface area contributed by atoms with E-state index in [0.717, 1.165) is 11.5 Å². The molecule has 0 aliphatic rings. The van der Waals surface area contributed by atoms with E-state index in [0.29, 0.717) is 32.4 Å². The lowest BCUT2D eigenvalue weighted by Gasteiger charge is -2.12. The Balaban J connectivity index is 3.58. The first-order chi connectivity index (χ1) is 9.61. The summed E-state index contributed by atoms with van der Waals surface area (Å²) in [5.74, 6) is 1.57. The van der Waals surface area contributed by atoms with Gasteiger partial charge in [0.1, 0.15) is 0 Å². The number of hydrogen-bond donors (Lipinski definition) is 4. The molecule has 8 nitrogen and oxygen atoms in total. The van der Waals surface area contributed by atoms with Crippen molar-refractivity contribution in [2.75, 3.05) is 24.6 Å². The quantitative estimate of drug-likeness (QED) is 0.135. The van der Waals surface area contributed by atoms with Gasteiger partial charge in [-0.1, -0.05) is 26.7 Å². The molecule has 0 aliphatic carbocycles. The van der Waals surface area contributed by atoms with Crippen molar-refractivity contribution < 1.29 is 4.79 Å². The molecular weight excluding hydrogens is 298 g/mol. The lowest BCUT2D eigenvalue weighted by Crippen LogP contribution is -2.41. The molecule has 0 aromatic heterocycles. The van der Waals surface area contributed by atoms with E-state index in [9.17, 15) is 4.79 Å². The third-order valence-corrected chi connectivity index (χ3v) is 4.76. The molecule has 0 radical (unpaired) electrons. The predicted octanol–water partition coefficient (Wildman–Crippen LogP) is 0.535. The van der Waals surface area contributed by atoms with Crippen LogP contribution >= 0.6 is 21.6 Å². The summed E-state index contributed by atoms with van der Waals surface area (Å²) in [5.41, 5.74) is 24.8. The van der Waals surface area contributed by atoms with Gasteiger partial charge in [-0.25, -0.2) is 0 Å². The molecule has 0 aromatic carbocycles. The zero-order valence-electron chi connectivity index (χ0n) is 11.4. The molecule has 116 valence electrons. The second-order valence-electron chi connectivity index (χ2n) is 4.03. The molecular formula is C10H23N7OS2. The number of rotatable bonds is 12. The molecule has 0 saturated heterocycles. The van der Waals surface area contributed by atoms with Crippen LogP contribution in [0.3, 0.4) is 0 Å². The molecule has 0 heterocycles. The fourth-order valence-electron chi connectivity index (χ4n) is 1.32. The van der Waals surface area contributed by atoms with Crippen LogP contribution in [0.15, 0.2) is 5.11 Å². The van der Waals surface area contributed by atoms with Crippen LogP contribution in [0, 0.1) is 0 Å². The smallest absolute Gasteiger partial charge is 0.236 e. The summed E-state index contributed by atoms with van der Waals surface area (Å²) in [5, 5.41) is 6.13. The highest BCUT2D eigenvalue weighted by atomic mass is 33.1. The van der Waals surface area contributed by atoms with E-state index in [1.807, 2.05) is 0 Å². The average molecular weight is 321 g/mol. The van der Waals surface area contributed by atoms with Crippen molar-refractivity contribution in [3.05, 3.63) is 10.4 Å². The fraction of sp³-hybridized carbons (Fsp3) is 0.900. The van der Waals surface area contributed by atoms with Crippen molar-refractivity contribution in [3.63, 3.8) is 0 Å². The monoisotopic (exact) mass is 321 g/mol. The summed E-state index contributed by atoms with van der Waals surface area (Å²) in [4.78, 5) is 14.3. The van der Waals surface area contributed by atoms with Gasteiger partial charge in [-0.3, -0.25) is 4.79 Å². The number of amides is 1. The van der Waals surface area contributed by atoms with Gasteiger partial charge in [0.25, 0.3) is 0 Å².